The van der Waals surface area contributed by atoms with E-state index in [9.17, 15) is 9.59 Å². The van der Waals surface area contributed by atoms with Crippen LogP contribution in [0.5, 0.6) is 0 Å². The van der Waals surface area contributed by atoms with Crippen molar-refractivity contribution in [3.8, 4) is 0 Å². The molecule has 1 aliphatic carbocycles. The highest BCUT2D eigenvalue weighted by Crippen LogP contribution is 2.35. The van der Waals surface area contributed by atoms with Crippen molar-refractivity contribution in [2.24, 2.45) is 0 Å². The zero-order valence-corrected chi connectivity index (χ0v) is 12.4. The van der Waals surface area contributed by atoms with E-state index in [2.05, 4.69) is 15.5 Å². The van der Waals surface area contributed by atoms with Gasteiger partial charge >= 0.3 is 12.0 Å². The first-order valence-corrected chi connectivity index (χ1v) is 6.85. The molecular formula is C13H25N3O4. The van der Waals surface area contributed by atoms with Crippen LogP contribution in [0.3, 0.4) is 0 Å². The molecule has 1 saturated carbocycles. The Kier molecular flexibility index (Phi) is 6.22. The van der Waals surface area contributed by atoms with Crippen molar-refractivity contribution in [2.75, 3.05) is 34.4 Å². The maximum absolute atomic E-state index is 11.8. The molecule has 116 valence electrons. The Morgan fingerprint density at radius 3 is 2.45 bits per heavy atom. The SMILES string of the molecule is COCCC(NC(=O)NCC1(N(C)C)CCC1)C(=O)O. The second kappa shape index (κ2) is 7.44. The number of aliphatic carboxylic acids is 1. The standard InChI is InChI=1S/C13H25N3O4/c1-16(2)13(6-4-7-13)9-14-12(19)15-10(11(17)18)5-8-20-3/h10H,4-9H2,1-3H3,(H,17,18)(H2,14,15,19). The molecule has 3 N–H and O–H groups in total. The molecule has 1 aliphatic rings. The third kappa shape index (κ3) is 4.35. The van der Waals surface area contributed by atoms with Gasteiger partial charge in [-0.25, -0.2) is 9.59 Å². The molecule has 0 spiro atoms. The fourth-order valence-corrected chi connectivity index (χ4v) is 2.31. The molecule has 0 heterocycles. The number of carbonyl (C=O) groups is 2. The average Bonchev–Trinajstić information content (AvgIpc) is 2.32. The van der Waals surface area contributed by atoms with Gasteiger partial charge in [-0.1, -0.05) is 0 Å². The quantitative estimate of drug-likeness (QED) is 0.596. The maximum Gasteiger partial charge on any atom is 0.326 e. The van der Waals surface area contributed by atoms with Crippen LogP contribution in [0.25, 0.3) is 0 Å². The summed E-state index contributed by atoms with van der Waals surface area (Å²) >= 11 is 0. The highest BCUT2D eigenvalue weighted by atomic mass is 16.5. The predicted octanol–water partition coefficient (Wildman–Crippen LogP) is 0.260. The Labute approximate surface area is 119 Å². The number of nitrogens with one attached hydrogen (secondary N) is 2. The number of methoxy groups -OCH3 is 1. The predicted molar refractivity (Wildman–Crippen MR) is 74.7 cm³/mol. The minimum Gasteiger partial charge on any atom is -0.480 e. The van der Waals surface area contributed by atoms with E-state index >= 15 is 0 Å². The molecule has 0 aliphatic heterocycles. The summed E-state index contributed by atoms with van der Waals surface area (Å²) in [7, 11) is 5.49. The van der Waals surface area contributed by atoms with Crippen LogP contribution in [0.15, 0.2) is 0 Å². The molecule has 1 atom stereocenters. The topological polar surface area (TPSA) is 90.9 Å². The highest BCUT2D eigenvalue weighted by Gasteiger charge is 2.39. The number of carbonyl (C=O) groups excluding carboxylic acids is 1. The van der Waals surface area contributed by atoms with Crippen molar-refractivity contribution in [1.82, 2.24) is 15.5 Å². The van der Waals surface area contributed by atoms with E-state index in [0.29, 0.717) is 13.2 Å². The number of urea groups is 1. The van der Waals surface area contributed by atoms with Crippen molar-refractivity contribution < 1.29 is 19.4 Å². The molecule has 0 aromatic rings. The molecule has 7 heteroatoms. The largest absolute Gasteiger partial charge is 0.480 e. The molecule has 0 bridgehead atoms. The fraction of sp³-hybridized carbons (Fsp3) is 0.846. The summed E-state index contributed by atoms with van der Waals surface area (Å²) in [6, 6.07) is -1.37. The summed E-state index contributed by atoms with van der Waals surface area (Å²) in [6.45, 7) is 0.821. The van der Waals surface area contributed by atoms with Gasteiger partial charge in [0, 0.05) is 32.2 Å². The van der Waals surface area contributed by atoms with Gasteiger partial charge in [0.25, 0.3) is 0 Å². The van der Waals surface area contributed by atoms with Crippen LogP contribution in [0.4, 0.5) is 4.79 Å². The van der Waals surface area contributed by atoms with Crippen molar-refractivity contribution in [1.29, 1.82) is 0 Å². The summed E-state index contributed by atoms with van der Waals surface area (Å²) in [5, 5.41) is 14.3. The Morgan fingerprint density at radius 2 is 2.05 bits per heavy atom. The lowest BCUT2D eigenvalue weighted by Gasteiger charge is -2.47. The van der Waals surface area contributed by atoms with Gasteiger partial charge in [-0.2, -0.15) is 0 Å². The van der Waals surface area contributed by atoms with E-state index in [0.717, 1.165) is 19.3 Å². The molecule has 7 nitrogen and oxygen atoms in total. The number of carboxylic acid groups (broad SMARTS) is 1. The Balaban J connectivity index is 2.39. The fourth-order valence-electron chi connectivity index (χ4n) is 2.31. The van der Waals surface area contributed by atoms with E-state index in [4.69, 9.17) is 9.84 Å². The Morgan fingerprint density at radius 1 is 1.40 bits per heavy atom. The first kappa shape index (κ1) is 16.7. The molecule has 0 radical (unpaired) electrons. The van der Waals surface area contributed by atoms with Crippen LogP contribution in [0.2, 0.25) is 0 Å². The number of hydrogen-bond donors (Lipinski definition) is 3. The van der Waals surface area contributed by atoms with Crippen molar-refractivity contribution in [2.45, 2.75) is 37.3 Å². The zero-order chi connectivity index (χ0) is 15.2. The van der Waals surface area contributed by atoms with Gasteiger partial charge in [0.2, 0.25) is 0 Å². The number of hydrogen-bond acceptors (Lipinski definition) is 4. The van der Waals surface area contributed by atoms with Crippen molar-refractivity contribution in [3.05, 3.63) is 0 Å². The number of ether oxygens (including phenoxy) is 1. The summed E-state index contributed by atoms with van der Waals surface area (Å²) in [5.74, 6) is -1.05. The number of carboxylic acids is 1. The lowest BCUT2D eigenvalue weighted by Crippen LogP contribution is -2.59. The van der Waals surface area contributed by atoms with Crippen LogP contribution in [0.1, 0.15) is 25.7 Å². The third-order valence-corrected chi connectivity index (χ3v) is 4.03. The average molecular weight is 287 g/mol. The molecule has 0 aromatic heterocycles. The molecule has 1 unspecified atom stereocenters. The molecule has 1 fully saturated rings. The zero-order valence-electron chi connectivity index (χ0n) is 12.4. The number of rotatable bonds is 8. The second-order valence-corrected chi connectivity index (χ2v) is 5.47. The lowest BCUT2D eigenvalue weighted by molar-refractivity contribution is -0.139. The van der Waals surface area contributed by atoms with Gasteiger partial charge in [-0.3, -0.25) is 0 Å². The second-order valence-electron chi connectivity index (χ2n) is 5.47. The Hall–Kier alpha value is -1.34. The number of nitrogens with zero attached hydrogens (tertiary/aromatic N) is 1. The summed E-state index contributed by atoms with van der Waals surface area (Å²) < 4.78 is 4.83. The molecule has 0 aromatic carbocycles. The van der Waals surface area contributed by atoms with Crippen LogP contribution >= 0.6 is 0 Å². The monoisotopic (exact) mass is 287 g/mol. The minimum absolute atomic E-state index is 0.0165. The molecular weight excluding hydrogens is 262 g/mol. The number of likely N-dealkylation sites (N-methyl/N-ethyl adjacent to an activating group) is 1. The van der Waals surface area contributed by atoms with Gasteiger partial charge in [0.1, 0.15) is 6.04 Å². The van der Waals surface area contributed by atoms with Gasteiger partial charge in [0.15, 0.2) is 0 Å². The van der Waals surface area contributed by atoms with Gasteiger partial charge < -0.3 is 25.4 Å². The third-order valence-electron chi connectivity index (χ3n) is 4.03. The number of amides is 2. The molecule has 1 rings (SSSR count). The highest BCUT2D eigenvalue weighted by molar-refractivity contribution is 5.82. The summed E-state index contributed by atoms with van der Waals surface area (Å²) in [6.07, 6.45) is 3.50. The smallest absolute Gasteiger partial charge is 0.326 e. The van der Waals surface area contributed by atoms with Gasteiger partial charge in [-0.05, 0) is 33.4 Å². The van der Waals surface area contributed by atoms with Gasteiger partial charge in [-0.15, -0.1) is 0 Å². The van der Waals surface area contributed by atoms with E-state index in [1.807, 2.05) is 14.1 Å². The van der Waals surface area contributed by atoms with Crippen LogP contribution < -0.4 is 10.6 Å². The maximum atomic E-state index is 11.8. The van der Waals surface area contributed by atoms with Crippen molar-refractivity contribution >= 4 is 12.0 Å². The first-order chi connectivity index (χ1) is 9.41. The van der Waals surface area contributed by atoms with Crippen LogP contribution in [-0.2, 0) is 9.53 Å². The lowest BCUT2D eigenvalue weighted by atomic mass is 9.75. The molecule has 2 amide bonds. The van der Waals surface area contributed by atoms with E-state index < -0.39 is 18.0 Å². The first-order valence-electron chi connectivity index (χ1n) is 6.85. The normalized spacial score (nSPS) is 18.2. The van der Waals surface area contributed by atoms with Crippen molar-refractivity contribution in [3.63, 3.8) is 0 Å². The Bertz CT molecular complexity index is 343. The van der Waals surface area contributed by atoms with Gasteiger partial charge in [0.05, 0.1) is 0 Å². The minimum atomic E-state index is -1.05. The van der Waals surface area contributed by atoms with Crippen LogP contribution in [-0.4, -0.2) is 67.9 Å². The summed E-state index contributed by atoms with van der Waals surface area (Å²) in [5.41, 5.74) is 0.0165. The van der Waals surface area contributed by atoms with E-state index in [-0.39, 0.29) is 12.0 Å². The van der Waals surface area contributed by atoms with Crippen LogP contribution in [0, 0.1) is 0 Å². The molecule has 20 heavy (non-hydrogen) atoms. The summed E-state index contributed by atoms with van der Waals surface area (Å²) in [4.78, 5) is 24.9. The van der Waals surface area contributed by atoms with E-state index in [1.165, 1.54) is 7.11 Å². The molecule has 0 saturated heterocycles. The van der Waals surface area contributed by atoms with E-state index in [1.54, 1.807) is 0 Å².